The van der Waals surface area contributed by atoms with Crippen molar-refractivity contribution in [3.8, 4) is 0 Å². The molecular weight excluding hydrogens is 320 g/mol. The molecule has 0 unspecified atom stereocenters. The van der Waals surface area contributed by atoms with Crippen LogP contribution >= 0.6 is 11.3 Å². The van der Waals surface area contributed by atoms with E-state index in [1.165, 1.54) is 4.88 Å². The summed E-state index contributed by atoms with van der Waals surface area (Å²) < 4.78 is 5.49. The zero-order valence-electron chi connectivity index (χ0n) is 14.3. The Morgan fingerprint density at radius 2 is 2.17 bits per heavy atom. The van der Waals surface area contributed by atoms with Crippen LogP contribution in [0.4, 0.5) is 0 Å². The Bertz CT molecular complexity index is 601. The van der Waals surface area contributed by atoms with E-state index in [4.69, 9.17) is 4.42 Å². The zero-order valence-corrected chi connectivity index (χ0v) is 15.1. The van der Waals surface area contributed by atoms with Gasteiger partial charge in [0.25, 0.3) is 0 Å². The number of amides is 1. The lowest BCUT2D eigenvalue weighted by Crippen LogP contribution is -2.46. The maximum absolute atomic E-state index is 12.9. The molecule has 0 saturated carbocycles. The van der Waals surface area contributed by atoms with Gasteiger partial charge in [-0.1, -0.05) is 6.07 Å². The molecular formula is C19H26N2O2S. The third kappa shape index (κ3) is 4.71. The lowest BCUT2D eigenvalue weighted by molar-refractivity contribution is -0.135. The van der Waals surface area contributed by atoms with Crippen molar-refractivity contribution in [3.05, 3.63) is 46.5 Å². The molecule has 0 atom stereocenters. The van der Waals surface area contributed by atoms with Crippen LogP contribution in [0.5, 0.6) is 0 Å². The third-order valence-corrected chi connectivity index (χ3v) is 5.69. The summed E-state index contributed by atoms with van der Waals surface area (Å²) in [4.78, 5) is 18.6. The first-order valence-corrected chi connectivity index (χ1v) is 9.63. The number of hydrogen-bond donors (Lipinski definition) is 0. The van der Waals surface area contributed by atoms with Crippen molar-refractivity contribution >= 4 is 17.2 Å². The van der Waals surface area contributed by atoms with Crippen molar-refractivity contribution in [2.45, 2.75) is 44.7 Å². The predicted molar refractivity (Wildman–Crippen MR) is 97.0 cm³/mol. The summed E-state index contributed by atoms with van der Waals surface area (Å²) in [6.07, 6.45) is 6.31. The van der Waals surface area contributed by atoms with Crippen molar-refractivity contribution < 1.29 is 9.21 Å². The molecule has 130 valence electrons. The van der Waals surface area contributed by atoms with Crippen LogP contribution in [-0.2, 0) is 17.8 Å². The van der Waals surface area contributed by atoms with E-state index in [0.717, 1.165) is 44.5 Å². The van der Waals surface area contributed by atoms with E-state index >= 15 is 0 Å². The monoisotopic (exact) mass is 346 g/mol. The van der Waals surface area contributed by atoms with Crippen molar-refractivity contribution in [2.24, 2.45) is 0 Å². The number of nitrogens with zero attached hydrogens (tertiary/aromatic N) is 2. The highest BCUT2D eigenvalue weighted by Crippen LogP contribution is 2.21. The molecule has 1 aliphatic heterocycles. The molecule has 2 aromatic heterocycles. The Morgan fingerprint density at radius 3 is 2.83 bits per heavy atom. The maximum Gasteiger partial charge on any atom is 0.223 e. The molecule has 1 amide bonds. The second kappa shape index (κ2) is 8.49. The number of aryl methyl sites for hydroxylation is 1. The van der Waals surface area contributed by atoms with Gasteiger partial charge in [-0.2, -0.15) is 0 Å². The molecule has 3 heterocycles. The highest BCUT2D eigenvalue weighted by Gasteiger charge is 2.27. The Hall–Kier alpha value is -1.59. The molecule has 0 aromatic carbocycles. The van der Waals surface area contributed by atoms with Crippen LogP contribution in [0.3, 0.4) is 0 Å². The fourth-order valence-corrected chi connectivity index (χ4v) is 4.06. The SMILES string of the molecule is CN1CCC(N(Cc2ccco2)C(=O)CCCc2cccs2)CC1. The van der Waals surface area contributed by atoms with Crippen LogP contribution in [-0.4, -0.2) is 41.9 Å². The molecule has 0 radical (unpaired) electrons. The van der Waals surface area contributed by atoms with Crippen LogP contribution in [0.25, 0.3) is 0 Å². The number of carbonyl (C=O) groups is 1. The van der Waals surface area contributed by atoms with E-state index < -0.39 is 0 Å². The van der Waals surface area contributed by atoms with Gasteiger partial charge in [0, 0.05) is 17.3 Å². The summed E-state index contributed by atoms with van der Waals surface area (Å²) in [7, 11) is 2.15. The minimum atomic E-state index is 0.262. The van der Waals surface area contributed by atoms with Gasteiger partial charge in [0.05, 0.1) is 12.8 Å². The zero-order chi connectivity index (χ0) is 16.8. The molecule has 3 rings (SSSR count). The van der Waals surface area contributed by atoms with Gasteiger partial charge in [0.1, 0.15) is 5.76 Å². The molecule has 24 heavy (non-hydrogen) atoms. The topological polar surface area (TPSA) is 36.7 Å². The van der Waals surface area contributed by atoms with Crippen LogP contribution < -0.4 is 0 Å². The van der Waals surface area contributed by atoms with Crippen LogP contribution in [0.1, 0.15) is 36.3 Å². The van der Waals surface area contributed by atoms with E-state index in [1.54, 1.807) is 17.6 Å². The normalized spacial score (nSPS) is 16.4. The van der Waals surface area contributed by atoms with Gasteiger partial charge in [0.2, 0.25) is 5.91 Å². The second-order valence-corrected chi connectivity index (χ2v) is 7.60. The fraction of sp³-hybridized carbons (Fsp3) is 0.526. The smallest absolute Gasteiger partial charge is 0.223 e. The number of hydrogen-bond acceptors (Lipinski definition) is 4. The van der Waals surface area contributed by atoms with Gasteiger partial charge in [-0.15, -0.1) is 11.3 Å². The quantitative estimate of drug-likeness (QED) is 0.765. The molecule has 0 aliphatic carbocycles. The molecule has 0 bridgehead atoms. The lowest BCUT2D eigenvalue weighted by atomic mass is 10.0. The summed E-state index contributed by atoms with van der Waals surface area (Å²) in [6.45, 7) is 2.71. The van der Waals surface area contributed by atoms with Gasteiger partial charge >= 0.3 is 0 Å². The summed E-state index contributed by atoms with van der Waals surface area (Å²) >= 11 is 1.77. The number of rotatable bonds is 7. The summed E-state index contributed by atoms with van der Waals surface area (Å²) in [5, 5.41) is 2.10. The number of thiophene rings is 1. The largest absolute Gasteiger partial charge is 0.467 e. The fourth-order valence-electron chi connectivity index (χ4n) is 3.31. The number of furan rings is 1. The molecule has 2 aromatic rings. The van der Waals surface area contributed by atoms with Gasteiger partial charge in [0.15, 0.2) is 0 Å². The first-order valence-electron chi connectivity index (χ1n) is 8.75. The Balaban J connectivity index is 1.58. The van der Waals surface area contributed by atoms with Crippen LogP contribution in [0, 0.1) is 0 Å². The Kier molecular flexibility index (Phi) is 6.10. The molecule has 1 fully saturated rings. The van der Waals surface area contributed by atoms with E-state index in [0.29, 0.717) is 19.0 Å². The molecule has 5 heteroatoms. The molecule has 4 nitrogen and oxygen atoms in total. The molecule has 0 N–H and O–H groups in total. The van der Waals surface area contributed by atoms with Gasteiger partial charge < -0.3 is 14.2 Å². The average Bonchev–Trinajstić information content (AvgIpc) is 3.27. The Labute approximate surface area is 148 Å². The standard InChI is InChI=1S/C19H26N2O2S/c1-20-11-9-16(10-12-20)21(15-17-5-3-13-23-17)19(22)8-2-6-18-7-4-14-24-18/h3-5,7,13-14,16H,2,6,8-12,15H2,1H3. The lowest BCUT2D eigenvalue weighted by Gasteiger charge is -2.37. The van der Waals surface area contributed by atoms with Crippen LogP contribution in [0.15, 0.2) is 40.3 Å². The van der Waals surface area contributed by atoms with Gasteiger partial charge in [-0.3, -0.25) is 4.79 Å². The predicted octanol–water partition coefficient (Wildman–Crippen LogP) is 3.79. The minimum Gasteiger partial charge on any atom is -0.467 e. The molecule has 0 spiro atoms. The minimum absolute atomic E-state index is 0.262. The highest BCUT2D eigenvalue weighted by atomic mass is 32.1. The summed E-state index contributed by atoms with van der Waals surface area (Å²) in [5.41, 5.74) is 0. The molecule has 1 aliphatic rings. The van der Waals surface area contributed by atoms with Crippen molar-refractivity contribution in [3.63, 3.8) is 0 Å². The van der Waals surface area contributed by atoms with E-state index in [-0.39, 0.29) is 5.91 Å². The van der Waals surface area contributed by atoms with E-state index in [1.807, 2.05) is 12.1 Å². The first-order chi connectivity index (χ1) is 11.7. The number of likely N-dealkylation sites (tertiary alicyclic amines) is 1. The Morgan fingerprint density at radius 1 is 1.33 bits per heavy atom. The summed E-state index contributed by atoms with van der Waals surface area (Å²) in [5.74, 6) is 1.14. The number of piperidine rings is 1. The van der Waals surface area contributed by atoms with E-state index in [9.17, 15) is 4.79 Å². The van der Waals surface area contributed by atoms with Crippen molar-refractivity contribution in [1.82, 2.24) is 9.80 Å². The van der Waals surface area contributed by atoms with Gasteiger partial charge in [-0.25, -0.2) is 0 Å². The van der Waals surface area contributed by atoms with Gasteiger partial charge in [-0.05, 0) is 69.4 Å². The van der Waals surface area contributed by atoms with E-state index in [2.05, 4.69) is 34.4 Å². The highest BCUT2D eigenvalue weighted by molar-refractivity contribution is 7.09. The molecule has 1 saturated heterocycles. The third-order valence-electron chi connectivity index (χ3n) is 4.75. The van der Waals surface area contributed by atoms with Crippen molar-refractivity contribution in [2.75, 3.05) is 20.1 Å². The van der Waals surface area contributed by atoms with Crippen LogP contribution in [0.2, 0.25) is 0 Å². The number of carbonyl (C=O) groups excluding carboxylic acids is 1. The first kappa shape index (κ1) is 17.2. The maximum atomic E-state index is 12.9. The average molecular weight is 346 g/mol. The van der Waals surface area contributed by atoms with Crippen molar-refractivity contribution in [1.29, 1.82) is 0 Å². The summed E-state index contributed by atoms with van der Waals surface area (Å²) in [6, 6.07) is 8.40. The second-order valence-electron chi connectivity index (χ2n) is 6.57.